The minimum Gasteiger partial charge on any atom is -0.376 e. The monoisotopic (exact) mass is 365 g/mol. The van der Waals surface area contributed by atoms with Crippen molar-refractivity contribution in [2.45, 2.75) is 6.92 Å². The molecule has 2 aromatic rings. The largest absolute Gasteiger partial charge is 0.376 e. The van der Waals surface area contributed by atoms with Gasteiger partial charge in [0.2, 0.25) is 5.91 Å². The summed E-state index contributed by atoms with van der Waals surface area (Å²) in [6.07, 6.45) is 0. The van der Waals surface area contributed by atoms with E-state index >= 15 is 0 Å². The predicted molar refractivity (Wildman–Crippen MR) is 98.0 cm³/mol. The SMILES string of the molecule is CCNC(=O)c1ccc(NCC(=O)Nc2ccc(Cl)cc2Cl)cc1. The maximum absolute atomic E-state index is 12.0. The molecule has 2 amide bonds. The quantitative estimate of drug-likeness (QED) is 0.729. The summed E-state index contributed by atoms with van der Waals surface area (Å²) in [5, 5.41) is 9.28. The number of nitrogens with one attached hydrogen (secondary N) is 3. The Morgan fingerprint density at radius 3 is 2.38 bits per heavy atom. The minimum absolute atomic E-state index is 0.0689. The zero-order valence-corrected chi connectivity index (χ0v) is 14.5. The number of benzene rings is 2. The Hall–Kier alpha value is -2.24. The topological polar surface area (TPSA) is 70.2 Å². The molecule has 2 rings (SSSR count). The van der Waals surface area contributed by atoms with E-state index in [1.54, 1.807) is 42.5 Å². The van der Waals surface area contributed by atoms with Crippen LogP contribution in [0.5, 0.6) is 0 Å². The van der Waals surface area contributed by atoms with Crippen LogP contribution in [0.1, 0.15) is 17.3 Å². The summed E-state index contributed by atoms with van der Waals surface area (Å²) >= 11 is 11.8. The Bertz CT molecular complexity index is 733. The zero-order chi connectivity index (χ0) is 17.5. The maximum Gasteiger partial charge on any atom is 0.251 e. The van der Waals surface area contributed by atoms with Gasteiger partial charge in [-0.15, -0.1) is 0 Å². The van der Waals surface area contributed by atoms with Crippen LogP contribution in [0.15, 0.2) is 42.5 Å². The summed E-state index contributed by atoms with van der Waals surface area (Å²) in [5.74, 6) is -0.369. The van der Waals surface area contributed by atoms with Crippen LogP contribution in [0.4, 0.5) is 11.4 Å². The Balaban J connectivity index is 1.88. The highest BCUT2D eigenvalue weighted by molar-refractivity contribution is 6.36. The number of rotatable bonds is 6. The van der Waals surface area contributed by atoms with Gasteiger partial charge in [0.25, 0.3) is 5.91 Å². The lowest BCUT2D eigenvalue weighted by molar-refractivity contribution is -0.114. The summed E-state index contributed by atoms with van der Waals surface area (Å²) < 4.78 is 0. The van der Waals surface area contributed by atoms with Gasteiger partial charge < -0.3 is 16.0 Å². The molecule has 0 saturated carbocycles. The Morgan fingerprint density at radius 1 is 1.04 bits per heavy atom. The van der Waals surface area contributed by atoms with Crippen molar-refractivity contribution in [3.63, 3.8) is 0 Å². The molecule has 24 heavy (non-hydrogen) atoms. The van der Waals surface area contributed by atoms with Crippen molar-refractivity contribution in [3.8, 4) is 0 Å². The molecule has 0 unspecified atom stereocenters. The second kappa shape index (κ2) is 8.57. The van der Waals surface area contributed by atoms with Crippen molar-refractivity contribution in [1.29, 1.82) is 0 Å². The summed E-state index contributed by atoms with van der Waals surface area (Å²) in [5.41, 5.74) is 1.81. The molecule has 0 atom stereocenters. The first-order valence-electron chi connectivity index (χ1n) is 7.36. The summed E-state index contributed by atoms with van der Waals surface area (Å²) in [7, 11) is 0. The summed E-state index contributed by atoms with van der Waals surface area (Å²) in [6.45, 7) is 2.51. The molecule has 126 valence electrons. The molecule has 7 heteroatoms. The third kappa shape index (κ3) is 5.15. The van der Waals surface area contributed by atoms with Crippen molar-refractivity contribution in [3.05, 3.63) is 58.1 Å². The van der Waals surface area contributed by atoms with E-state index in [1.807, 2.05) is 6.92 Å². The Labute approximate surface area is 150 Å². The van der Waals surface area contributed by atoms with Crippen molar-refractivity contribution in [1.82, 2.24) is 5.32 Å². The van der Waals surface area contributed by atoms with E-state index in [0.29, 0.717) is 27.8 Å². The van der Waals surface area contributed by atoms with Crippen molar-refractivity contribution >= 4 is 46.4 Å². The van der Waals surface area contributed by atoms with E-state index in [4.69, 9.17) is 23.2 Å². The molecule has 0 radical (unpaired) electrons. The van der Waals surface area contributed by atoms with E-state index in [2.05, 4.69) is 16.0 Å². The van der Waals surface area contributed by atoms with Gasteiger partial charge in [0, 0.05) is 22.8 Å². The molecule has 0 spiro atoms. The molecule has 0 aliphatic carbocycles. The van der Waals surface area contributed by atoms with Crippen LogP contribution in [0, 0.1) is 0 Å². The fourth-order valence-corrected chi connectivity index (χ4v) is 2.43. The molecular weight excluding hydrogens is 349 g/mol. The lowest BCUT2D eigenvalue weighted by atomic mass is 10.2. The Morgan fingerprint density at radius 2 is 1.75 bits per heavy atom. The van der Waals surface area contributed by atoms with Crippen LogP contribution in [0.3, 0.4) is 0 Å². The molecule has 0 aliphatic rings. The molecule has 0 aliphatic heterocycles. The second-order valence-electron chi connectivity index (χ2n) is 4.96. The average Bonchev–Trinajstić information content (AvgIpc) is 2.56. The molecule has 2 aromatic carbocycles. The van der Waals surface area contributed by atoms with Gasteiger partial charge in [0.15, 0.2) is 0 Å². The van der Waals surface area contributed by atoms with Gasteiger partial charge in [0.05, 0.1) is 17.3 Å². The number of hydrogen-bond donors (Lipinski definition) is 3. The first kappa shape index (κ1) is 18.1. The lowest BCUT2D eigenvalue weighted by Gasteiger charge is -2.10. The van der Waals surface area contributed by atoms with Gasteiger partial charge in [-0.3, -0.25) is 9.59 Å². The number of anilines is 2. The highest BCUT2D eigenvalue weighted by atomic mass is 35.5. The van der Waals surface area contributed by atoms with Crippen LogP contribution in [-0.2, 0) is 4.79 Å². The number of carbonyl (C=O) groups excluding carboxylic acids is 2. The normalized spacial score (nSPS) is 10.1. The first-order chi connectivity index (χ1) is 11.5. The molecule has 0 fully saturated rings. The fraction of sp³-hybridized carbons (Fsp3) is 0.176. The number of halogens is 2. The molecule has 3 N–H and O–H groups in total. The van der Waals surface area contributed by atoms with Crippen LogP contribution in [-0.4, -0.2) is 24.9 Å². The minimum atomic E-state index is -0.243. The van der Waals surface area contributed by atoms with Gasteiger partial charge in [-0.2, -0.15) is 0 Å². The Kier molecular flexibility index (Phi) is 6.46. The van der Waals surface area contributed by atoms with Crippen molar-refractivity contribution in [2.75, 3.05) is 23.7 Å². The number of hydrogen-bond acceptors (Lipinski definition) is 3. The van der Waals surface area contributed by atoms with Gasteiger partial charge in [-0.1, -0.05) is 23.2 Å². The van der Waals surface area contributed by atoms with Gasteiger partial charge in [-0.05, 0) is 49.4 Å². The molecule has 0 aromatic heterocycles. The average molecular weight is 366 g/mol. The maximum atomic E-state index is 12.0. The molecule has 0 bridgehead atoms. The first-order valence-corrected chi connectivity index (χ1v) is 8.12. The zero-order valence-electron chi connectivity index (χ0n) is 13.0. The van der Waals surface area contributed by atoms with Crippen LogP contribution < -0.4 is 16.0 Å². The van der Waals surface area contributed by atoms with Gasteiger partial charge >= 0.3 is 0 Å². The number of carbonyl (C=O) groups is 2. The number of amides is 2. The second-order valence-corrected chi connectivity index (χ2v) is 5.81. The van der Waals surface area contributed by atoms with Crippen LogP contribution in [0.2, 0.25) is 10.0 Å². The smallest absolute Gasteiger partial charge is 0.251 e. The van der Waals surface area contributed by atoms with Crippen molar-refractivity contribution < 1.29 is 9.59 Å². The molecule has 0 saturated heterocycles. The molecule has 5 nitrogen and oxygen atoms in total. The predicted octanol–water partition coefficient (Wildman–Crippen LogP) is 3.79. The molecular formula is C17H17Cl2N3O2. The van der Waals surface area contributed by atoms with Gasteiger partial charge in [-0.25, -0.2) is 0 Å². The molecule has 0 heterocycles. The van der Waals surface area contributed by atoms with E-state index in [1.165, 1.54) is 0 Å². The van der Waals surface area contributed by atoms with E-state index in [9.17, 15) is 9.59 Å². The summed E-state index contributed by atoms with van der Waals surface area (Å²) in [6, 6.07) is 11.7. The fourth-order valence-electron chi connectivity index (χ4n) is 1.97. The lowest BCUT2D eigenvalue weighted by Crippen LogP contribution is -2.23. The third-order valence-electron chi connectivity index (χ3n) is 3.14. The van der Waals surface area contributed by atoms with Crippen LogP contribution >= 0.6 is 23.2 Å². The highest BCUT2D eigenvalue weighted by Gasteiger charge is 2.07. The highest BCUT2D eigenvalue weighted by Crippen LogP contribution is 2.25. The van der Waals surface area contributed by atoms with Gasteiger partial charge in [0.1, 0.15) is 0 Å². The van der Waals surface area contributed by atoms with E-state index in [0.717, 1.165) is 5.69 Å². The standard InChI is InChI=1S/C17H17Cl2N3O2/c1-2-20-17(24)11-3-6-13(7-4-11)21-10-16(23)22-15-8-5-12(18)9-14(15)19/h3-9,21H,2,10H2,1H3,(H,20,24)(H,22,23). The summed E-state index contributed by atoms with van der Waals surface area (Å²) in [4.78, 5) is 23.6. The van der Waals surface area contributed by atoms with Crippen LogP contribution in [0.25, 0.3) is 0 Å². The van der Waals surface area contributed by atoms with E-state index < -0.39 is 0 Å². The van der Waals surface area contributed by atoms with Crippen molar-refractivity contribution in [2.24, 2.45) is 0 Å². The third-order valence-corrected chi connectivity index (χ3v) is 3.69. The van der Waals surface area contributed by atoms with E-state index in [-0.39, 0.29) is 18.4 Å².